The van der Waals surface area contributed by atoms with E-state index in [2.05, 4.69) is 10.2 Å². The maximum absolute atomic E-state index is 12.6. The van der Waals surface area contributed by atoms with Crippen LogP contribution in [0.2, 0.25) is 0 Å². The fraction of sp³-hybridized carbons (Fsp3) is 0.350. The summed E-state index contributed by atoms with van der Waals surface area (Å²) >= 11 is 0. The average Bonchev–Trinajstić information content (AvgIpc) is 2.69. The number of piperidine rings is 1. The number of ether oxygens (including phenoxy) is 1. The van der Waals surface area contributed by atoms with E-state index in [4.69, 9.17) is 4.74 Å². The summed E-state index contributed by atoms with van der Waals surface area (Å²) in [6.07, 6.45) is 1.45. The molecule has 2 aromatic rings. The Hall–Kier alpha value is -2.93. The summed E-state index contributed by atoms with van der Waals surface area (Å²) in [5.41, 5.74) is 1.53. The molecule has 0 radical (unpaired) electrons. The molecule has 1 aliphatic rings. The Kier molecular flexibility index (Phi) is 6.03. The molecule has 0 atom stereocenters. The zero-order valence-electron chi connectivity index (χ0n) is 15.3. The van der Waals surface area contributed by atoms with Gasteiger partial charge in [0.15, 0.2) is 0 Å². The minimum absolute atomic E-state index is 0.00941. The molecule has 1 heterocycles. The molecule has 0 aromatic heterocycles. The van der Waals surface area contributed by atoms with Gasteiger partial charge in [-0.2, -0.15) is 0 Å². The molecular weight excluding hydrogens is 346 g/mol. The third-order valence-electron chi connectivity index (χ3n) is 4.91. The molecule has 0 spiro atoms. The van der Waals surface area contributed by atoms with Crippen LogP contribution in [0.1, 0.15) is 18.4 Å². The molecule has 1 fully saturated rings. The summed E-state index contributed by atoms with van der Waals surface area (Å²) in [4.78, 5) is 25.5. The second-order valence-electron chi connectivity index (χ2n) is 6.63. The number of nitrogens with one attached hydrogen (secondary N) is 1. The lowest BCUT2D eigenvalue weighted by atomic mass is 9.95. The first kappa shape index (κ1) is 18.8. The second kappa shape index (κ2) is 8.64. The third-order valence-corrected chi connectivity index (χ3v) is 4.91. The van der Waals surface area contributed by atoms with Crippen molar-refractivity contribution in [3.63, 3.8) is 0 Å². The number of carbonyl (C=O) groups is 1. The van der Waals surface area contributed by atoms with Gasteiger partial charge < -0.3 is 10.1 Å². The molecular formula is C20H23N3O4. The highest BCUT2D eigenvalue weighted by atomic mass is 16.6. The summed E-state index contributed by atoms with van der Waals surface area (Å²) < 4.78 is 5.27. The molecule has 0 unspecified atom stereocenters. The number of anilines is 1. The first-order chi connectivity index (χ1) is 13.1. The molecule has 27 heavy (non-hydrogen) atoms. The van der Waals surface area contributed by atoms with Gasteiger partial charge in [-0.25, -0.2) is 0 Å². The molecule has 7 heteroatoms. The van der Waals surface area contributed by atoms with Crippen LogP contribution >= 0.6 is 0 Å². The predicted octanol–water partition coefficient (Wildman–Crippen LogP) is 3.45. The summed E-state index contributed by atoms with van der Waals surface area (Å²) in [7, 11) is 1.58. The summed E-state index contributed by atoms with van der Waals surface area (Å²) in [5.74, 6) is 0.557. The number of nitro groups is 1. The van der Waals surface area contributed by atoms with Gasteiger partial charge in [0.2, 0.25) is 5.91 Å². The first-order valence-electron chi connectivity index (χ1n) is 8.97. The summed E-state index contributed by atoms with van der Waals surface area (Å²) in [5, 5.41) is 14.1. The van der Waals surface area contributed by atoms with E-state index >= 15 is 0 Å². The van der Waals surface area contributed by atoms with Crippen molar-refractivity contribution < 1.29 is 14.5 Å². The van der Waals surface area contributed by atoms with Crippen LogP contribution in [-0.4, -0.2) is 35.9 Å². The maximum Gasteiger partial charge on any atom is 0.273 e. The smallest absolute Gasteiger partial charge is 0.273 e. The van der Waals surface area contributed by atoms with Crippen molar-refractivity contribution in [1.29, 1.82) is 0 Å². The number of rotatable bonds is 6. The van der Waals surface area contributed by atoms with Crippen LogP contribution in [0.5, 0.6) is 5.75 Å². The lowest BCUT2D eigenvalue weighted by Crippen LogP contribution is -2.37. The highest BCUT2D eigenvalue weighted by Gasteiger charge is 2.26. The number of nitro benzene ring substituents is 1. The van der Waals surface area contributed by atoms with Gasteiger partial charge in [0.25, 0.3) is 5.69 Å². The van der Waals surface area contributed by atoms with E-state index in [1.54, 1.807) is 19.2 Å². The lowest BCUT2D eigenvalue weighted by molar-refractivity contribution is -0.385. The van der Waals surface area contributed by atoms with Gasteiger partial charge >= 0.3 is 0 Å². The fourth-order valence-corrected chi connectivity index (χ4v) is 3.40. The third kappa shape index (κ3) is 4.62. The maximum atomic E-state index is 12.6. The van der Waals surface area contributed by atoms with E-state index in [9.17, 15) is 14.9 Å². The number of amides is 1. The Morgan fingerprint density at radius 2 is 1.85 bits per heavy atom. The minimum atomic E-state index is -0.344. The Balaban J connectivity index is 1.56. The van der Waals surface area contributed by atoms with Crippen molar-refractivity contribution in [1.82, 2.24) is 4.90 Å². The Labute approximate surface area is 158 Å². The van der Waals surface area contributed by atoms with Crippen molar-refractivity contribution in [2.24, 2.45) is 5.92 Å². The van der Waals surface area contributed by atoms with E-state index in [1.165, 1.54) is 6.07 Å². The molecule has 0 bridgehead atoms. The Bertz CT molecular complexity index is 816. The largest absolute Gasteiger partial charge is 0.495 e. The monoisotopic (exact) mass is 369 g/mol. The number of hydrogen-bond acceptors (Lipinski definition) is 5. The predicted molar refractivity (Wildman–Crippen MR) is 103 cm³/mol. The summed E-state index contributed by atoms with van der Waals surface area (Å²) in [6, 6.07) is 14.2. The highest BCUT2D eigenvalue weighted by molar-refractivity contribution is 5.94. The van der Waals surface area contributed by atoms with Gasteiger partial charge in [0.05, 0.1) is 17.7 Å². The number of carbonyl (C=O) groups excluding carboxylic acids is 1. The van der Waals surface area contributed by atoms with Crippen LogP contribution in [0.25, 0.3) is 0 Å². The second-order valence-corrected chi connectivity index (χ2v) is 6.63. The number of methoxy groups -OCH3 is 1. The molecule has 2 aromatic carbocycles. The van der Waals surface area contributed by atoms with Gasteiger partial charge in [-0.05, 0) is 38.1 Å². The molecule has 1 N–H and O–H groups in total. The molecule has 7 nitrogen and oxygen atoms in total. The Morgan fingerprint density at radius 1 is 1.19 bits per heavy atom. The fourth-order valence-electron chi connectivity index (χ4n) is 3.40. The molecule has 1 aliphatic heterocycles. The quantitative estimate of drug-likeness (QED) is 0.623. The number of para-hydroxylation sites is 3. The van der Waals surface area contributed by atoms with Crippen LogP contribution in [-0.2, 0) is 11.3 Å². The lowest BCUT2D eigenvalue weighted by Gasteiger charge is -2.31. The van der Waals surface area contributed by atoms with Gasteiger partial charge in [-0.3, -0.25) is 19.8 Å². The highest BCUT2D eigenvalue weighted by Crippen LogP contribution is 2.27. The standard InChI is InChI=1S/C20H23N3O4/c1-27-19-9-5-3-7-17(19)21-20(24)15-10-12-22(13-11-15)14-16-6-2-4-8-18(16)23(25)26/h2-9,15H,10-14H2,1H3,(H,21,24). The molecule has 1 amide bonds. The van der Waals surface area contributed by atoms with E-state index in [0.29, 0.717) is 23.5 Å². The van der Waals surface area contributed by atoms with Crippen molar-refractivity contribution in [3.05, 3.63) is 64.2 Å². The number of benzene rings is 2. The Morgan fingerprint density at radius 3 is 2.56 bits per heavy atom. The molecule has 0 saturated carbocycles. The average molecular weight is 369 g/mol. The summed E-state index contributed by atoms with van der Waals surface area (Å²) in [6.45, 7) is 1.99. The zero-order chi connectivity index (χ0) is 19.2. The zero-order valence-corrected chi connectivity index (χ0v) is 15.3. The van der Waals surface area contributed by atoms with Gasteiger partial charge in [-0.15, -0.1) is 0 Å². The first-order valence-corrected chi connectivity index (χ1v) is 8.97. The van der Waals surface area contributed by atoms with Crippen molar-refractivity contribution in [2.75, 3.05) is 25.5 Å². The van der Waals surface area contributed by atoms with Gasteiger partial charge in [-0.1, -0.05) is 30.3 Å². The van der Waals surface area contributed by atoms with Gasteiger partial charge in [0.1, 0.15) is 5.75 Å². The van der Waals surface area contributed by atoms with E-state index in [0.717, 1.165) is 25.9 Å². The number of nitrogens with zero attached hydrogens (tertiary/aromatic N) is 2. The number of hydrogen-bond donors (Lipinski definition) is 1. The SMILES string of the molecule is COc1ccccc1NC(=O)C1CCN(Cc2ccccc2[N+](=O)[O-])CC1. The topological polar surface area (TPSA) is 84.7 Å². The van der Waals surface area contributed by atoms with Crippen LogP contribution in [0.4, 0.5) is 11.4 Å². The van der Waals surface area contributed by atoms with Crippen LogP contribution in [0.15, 0.2) is 48.5 Å². The minimum Gasteiger partial charge on any atom is -0.495 e. The molecule has 0 aliphatic carbocycles. The molecule has 3 rings (SSSR count). The van der Waals surface area contributed by atoms with Gasteiger partial charge in [0, 0.05) is 24.1 Å². The van der Waals surface area contributed by atoms with Crippen LogP contribution in [0.3, 0.4) is 0 Å². The molecule has 1 saturated heterocycles. The van der Waals surface area contributed by atoms with E-state index in [-0.39, 0.29) is 22.4 Å². The van der Waals surface area contributed by atoms with E-state index < -0.39 is 0 Å². The van der Waals surface area contributed by atoms with Crippen molar-refractivity contribution >= 4 is 17.3 Å². The van der Waals surface area contributed by atoms with Crippen LogP contribution in [0, 0.1) is 16.0 Å². The number of likely N-dealkylation sites (tertiary alicyclic amines) is 1. The van der Waals surface area contributed by atoms with Crippen molar-refractivity contribution in [2.45, 2.75) is 19.4 Å². The van der Waals surface area contributed by atoms with Crippen LogP contribution < -0.4 is 10.1 Å². The van der Waals surface area contributed by atoms with Crippen molar-refractivity contribution in [3.8, 4) is 5.75 Å². The molecule has 142 valence electrons. The van der Waals surface area contributed by atoms with E-state index in [1.807, 2.05) is 30.3 Å². The normalized spacial score (nSPS) is 15.3.